The average Bonchev–Trinajstić information content (AvgIpc) is 4.17. The Morgan fingerprint density at radius 1 is 0.333 bits per heavy atom. The Hall–Kier alpha value is -2.73. The maximum absolute atomic E-state index is 11.8. The molecule has 0 amide bonds. The fraction of sp³-hybridized carbons (Fsp3) is 0.421. The number of rotatable bonds is 28. The van der Waals surface area contributed by atoms with Crippen molar-refractivity contribution in [3.63, 3.8) is 0 Å². The van der Waals surface area contributed by atoms with Crippen LogP contribution in [0.4, 0.5) is 0 Å². The maximum Gasteiger partial charge on any atom is 0.160 e. The molecule has 66 heavy (non-hydrogen) atoms. The molecule has 348 valence electrons. The van der Waals surface area contributed by atoms with Gasteiger partial charge in [-0.3, -0.25) is 4.79 Å². The van der Waals surface area contributed by atoms with E-state index in [0.717, 1.165) is 30.4 Å². The second-order valence-corrected chi connectivity index (χ2v) is 26.2. The molecule has 0 aliphatic carbocycles. The van der Waals surface area contributed by atoms with Crippen LogP contribution >= 0.6 is 90.7 Å². The second kappa shape index (κ2) is 25.2. The third-order valence-corrected chi connectivity index (χ3v) is 22.6. The van der Waals surface area contributed by atoms with E-state index >= 15 is 0 Å². The summed E-state index contributed by atoms with van der Waals surface area (Å²) >= 11 is 15.4. The van der Waals surface area contributed by atoms with Crippen molar-refractivity contribution in [2.75, 3.05) is 0 Å². The minimum absolute atomic E-state index is 0.842. The lowest BCUT2D eigenvalue weighted by Crippen LogP contribution is -1.85. The van der Waals surface area contributed by atoms with E-state index in [1.54, 1.807) is 11.3 Å². The first kappa shape index (κ1) is 49.7. The third kappa shape index (κ3) is 12.5. The third-order valence-electron chi connectivity index (χ3n) is 12.6. The smallest absolute Gasteiger partial charge is 0.160 e. The van der Waals surface area contributed by atoms with Crippen molar-refractivity contribution >= 4 is 97.0 Å². The zero-order valence-corrected chi connectivity index (χ0v) is 45.9. The SMILES string of the molecule is CCCCCCc1ccsc1-c1ccc(-c2ccc(-c3sc(-c4cc(CCCCCC)c(-c5ccc(-c6ccc(-c7sc(C=O)cc7CCCCCC)s6)s5)s4)cc3CCCCCC)s2)s1. The van der Waals surface area contributed by atoms with Gasteiger partial charge >= 0.3 is 0 Å². The van der Waals surface area contributed by atoms with Gasteiger partial charge in [0.25, 0.3) is 0 Å². The number of hydrogen-bond donors (Lipinski definition) is 0. The molecule has 1 nitrogen and oxygen atoms in total. The predicted molar refractivity (Wildman–Crippen MR) is 304 cm³/mol. The summed E-state index contributed by atoms with van der Waals surface area (Å²) in [6.45, 7) is 9.18. The molecular weight excluding hydrogens is 957 g/mol. The first-order valence-electron chi connectivity index (χ1n) is 24.8. The lowest BCUT2D eigenvalue weighted by molar-refractivity contribution is 0.112. The summed E-state index contributed by atoms with van der Waals surface area (Å²) in [6.07, 6.45) is 25.9. The van der Waals surface area contributed by atoms with E-state index in [1.807, 2.05) is 79.4 Å². The van der Waals surface area contributed by atoms with Gasteiger partial charge in [0.2, 0.25) is 0 Å². The number of thiophene rings is 8. The van der Waals surface area contributed by atoms with Crippen molar-refractivity contribution in [2.45, 2.75) is 156 Å². The molecule has 0 fully saturated rings. The number of carbonyl (C=O) groups excluding carboxylic acids is 1. The lowest BCUT2D eigenvalue weighted by atomic mass is 10.0. The summed E-state index contributed by atoms with van der Waals surface area (Å²) in [6, 6.07) is 28.5. The molecule has 0 saturated heterocycles. The van der Waals surface area contributed by atoms with Gasteiger partial charge in [-0.15, -0.1) is 90.7 Å². The van der Waals surface area contributed by atoms with Gasteiger partial charge in [-0.1, -0.05) is 105 Å². The Labute approximate surface area is 427 Å². The second-order valence-electron chi connectivity index (χ2n) is 17.7. The highest BCUT2D eigenvalue weighted by molar-refractivity contribution is 7.31. The standard InChI is InChI=1S/C57H66OS8/c1-5-9-13-17-21-39-33-34-59-54(39)48-29-25-44(61-48)45-27-31-50(63-45)56-41(23-19-15-11-7-3)36-52(65-56)53-37-42(24-20-16-12-8-4)57(66-53)51-32-28-47(64-51)46-26-30-49(62-46)55-40(22-18-14-10-6-2)35-43(38-58)60-55/h25-38H,5-24H2,1-4H3. The van der Waals surface area contributed by atoms with E-state index in [2.05, 4.69) is 106 Å². The highest BCUT2D eigenvalue weighted by atomic mass is 32.1. The molecular formula is C57H66OS8. The minimum Gasteiger partial charge on any atom is -0.297 e. The summed E-state index contributed by atoms with van der Waals surface area (Å²) in [5.41, 5.74) is 5.91. The normalized spacial score (nSPS) is 11.7. The van der Waals surface area contributed by atoms with Crippen LogP contribution in [0.25, 0.3) is 68.3 Å². The molecule has 0 aliphatic heterocycles. The van der Waals surface area contributed by atoms with E-state index < -0.39 is 0 Å². The molecule has 9 heteroatoms. The molecule has 0 unspecified atom stereocenters. The Morgan fingerprint density at radius 3 is 1.08 bits per heavy atom. The Morgan fingerprint density at radius 2 is 0.682 bits per heavy atom. The van der Waals surface area contributed by atoms with Crippen molar-refractivity contribution in [3.8, 4) is 68.3 Å². The Kier molecular flexibility index (Phi) is 19.0. The first-order chi connectivity index (χ1) is 32.5. The highest BCUT2D eigenvalue weighted by Gasteiger charge is 2.21. The molecule has 8 aromatic heterocycles. The molecule has 0 bridgehead atoms. The maximum atomic E-state index is 11.8. The quantitative estimate of drug-likeness (QED) is 0.0353. The Balaban J connectivity index is 1.06. The van der Waals surface area contributed by atoms with E-state index in [-0.39, 0.29) is 0 Å². The van der Waals surface area contributed by atoms with Crippen molar-refractivity contribution in [1.82, 2.24) is 0 Å². The average molecular weight is 1020 g/mol. The summed E-state index contributed by atoms with van der Waals surface area (Å²) in [5, 5.41) is 2.29. The lowest BCUT2D eigenvalue weighted by Gasteiger charge is -2.02. The number of hydrogen-bond acceptors (Lipinski definition) is 9. The van der Waals surface area contributed by atoms with Crippen LogP contribution in [0.2, 0.25) is 0 Å². The van der Waals surface area contributed by atoms with Crippen LogP contribution in [-0.2, 0) is 25.7 Å². The first-order valence-corrected chi connectivity index (χ1v) is 31.4. The van der Waals surface area contributed by atoms with Crippen LogP contribution in [0.1, 0.15) is 162 Å². The van der Waals surface area contributed by atoms with E-state index in [1.165, 1.54) is 200 Å². The van der Waals surface area contributed by atoms with Gasteiger partial charge in [0, 0.05) is 68.3 Å². The molecule has 0 aliphatic rings. The van der Waals surface area contributed by atoms with Gasteiger partial charge in [-0.25, -0.2) is 0 Å². The van der Waals surface area contributed by atoms with Gasteiger partial charge < -0.3 is 0 Å². The molecule has 8 aromatic rings. The topological polar surface area (TPSA) is 17.1 Å². The summed E-state index contributed by atoms with van der Waals surface area (Å²) in [4.78, 5) is 32.2. The molecule has 0 atom stereocenters. The zero-order valence-electron chi connectivity index (χ0n) is 39.4. The van der Waals surface area contributed by atoms with Crippen molar-refractivity contribution in [2.24, 2.45) is 0 Å². The van der Waals surface area contributed by atoms with Crippen molar-refractivity contribution in [1.29, 1.82) is 0 Å². The minimum atomic E-state index is 0.842. The van der Waals surface area contributed by atoms with Gasteiger partial charge in [0.1, 0.15) is 0 Å². The molecule has 0 aromatic carbocycles. The molecule has 0 N–H and O–H groups in total. The van der Waals surface area contributed by atoms with Crippen LogP contribution in [-0.4, -0.2) is 6.29 Å². The monoisotopic (exact) mass is 1020 g/mol. The van der Waals surface area contributed by atoms with Crippen LogP contribution in [0, 0.1) is 0 Å². The number of unbranched alkanes of at least 4 members (excludes halogenated alkanes) is 12. The number of carbonyl (C=O) groups is 1. The zero-order chi connectivity index (χ0) is 45.7. The summed E-state index contributed by atoms with van der Waals surface area (Å²) in [7, 11) is 0. The number of aryl methyl sites for hydroxylation is 4. The van der Waals surface area contributed by atoms with Gasteiger partial charge in [-0.2, -0.15) is 0 Å². The van der Waals surface area contributed by atoms with E-state index in [9.17, 15) is 4.79 Å². The highest BCUT2D eigenvalue weighted by Crippen LogP contribution is 2.51. The van der Waals surface area contributed by atoms with Crippen LogP contribution in [0.3, 0.4) is 0 Å². The molecule has 0 saturated carbocycles. The van der Waals surface area contributed by atoms with Crippen LogP contribution < -0.4 is 0 Å². The molecule has 8 heterocycles. The van der Waals surface area contributed by atoms with Crippen LogP contribution in [0.5, 0.6) is 0 Å². The van der Waals surface area contributed by atoms with Gasteiger partial charge in [-0.05, 0) is 152 Å². The fourth-order valence-electron chi connectivity index (χ4n) is 8.88. The summed E-state index contributed by atoms with van der Waals surface area (Å²) < 4.78 is 0. The Bertz CT molecular complexity index is 2710. The van der Waals surface area contributed by atoms with E-state index in [0.29, 0.717) is 0 Å². The molecule has 0 spiro atoms. The largest absolute Gasteiger partial charge is 0.297 e. The van der Waals surface area contributed by atoms with E-state index in [4.69, 9.17) is 0 Å². The van der Waals surface area contributed by atoms with Gasteiger partial charge in [0.05, 0.1) is 4.88 Å². The molecule has 0 radical (unpaired) electrons. The number of aldehydes is 1. The molecule has 8 rings (SSSR count). The predicted octanol–water partition coefficient (Wildman–Crippen LogP) is 22.2. The van der Waals surface area contributed by atoms with Gasteiger partial charge in [0.15, 0.2) is 6.29 Å². The van der Waals surface area contributed by atoms with Crippen LogP contribution in [0.15, 0.2) is 78.2 Å². The fourth-order valence-corrected chi connectivity index (χ4v) is 18.2. The van der Waals surface area contributed by atoms with Crippen molar-refractivity contribution < 1.29 is 4.79 Å². The van der Waals surface area contributed by atoms with Crippen molar-refractivity contribution in [3.05, 3.63) is 105 Å². The summed E-state index contributed by atoms with van der Waals surface area (Å²) in [5.74, 6) is 0.